The molecule has 88 valence electrons. The number of nitriles is 1. The molecule has 0 spiro atoms. The van der Waals surface area contributed by atoms with E-state index in [-0.39, 0.29) is 12.5 Å². The Labute approximate surface area is 102 Å². The second-order valence-electron chi connectivity index (χ2n) is 5.30. The van der Waals surface area contributed by atoms with Gasteiger partial charge in [-0.3, -0.25) is 0 Å². The molecule has 0 bridgehead atoms. The number of aryl methyl sites for hydroxylation is 1. The average Bonchev–Trinajstić information content (AvgIpc) is 2.29. The highest BCUT2D eigenvalue weighted by Crippen LogP contribution is 2.21. The molecule has 1 fully saturated rings. The van der Waals surface area contributed by atoms with Crippen molar-refractivity contribution in [2.75, 3.05) is 13.2 Å². The quantitative estimate of drug-likeness (QED) is 0.687. The van der Waals surface area contributed by atoms with Gasteiger partial charge in [0.2, 0.25) is 0 Å². The normalized spacial score (nSPS) is 18.8. The maximum absolute atomic E-state index is 8.82. The second-order valence-corrected chi connectivity index (χ2v) is 5.30. The third-order valence-electron chi connectivity index (χ3n) is 2.90. The van der Waals surface area contributed by atoms with Gasteiger partial charge in [-0.1, -0.05) is 25.5 Å². The van der Waals surface area contributed by atoms with Crippen LogP contribution in [0.4, 0.5) is 0 Å². The van der Waals surface area contributed by atoms with E-state index >= 15 is 0 Å². The Morgan fingerprint density at radius 2 is 1.94 bits per heavy atom. The molecule has 1 aliphatic heterocycles. The van der Waals surface area contributed by atoms with Crippen LogP contribution >= 0.6 is 0 Å². The standard InChI is InChI=1S/C13H16BNO2/c1-10-6-11(7-15)4-5-12(10)14-16-8-13(2,3)9-17-14/h4-6H,8-9H2,1-3H3. The van der Waals surface area contributed by atoms with Gasteiger partial charge in [-0.05, 0) is 24.5 Å². The molecule has 0 N–H and O–H groups in total. The van der Waals surface area contributed by atoms with Gasteiger partial charge in [-0.15, -0.1) is 0 Å². The largest absolute Gasteiger partial charge is 0.494 e. The molecule has 3 nitrogen and oxygen atoms in total. The maximum Gasteiger partial charge on any atom is 0.494 e. The lowest BCUT2D eigenvalue weighted by Gasteiger charge is -2.33. The smallest absolute Gasteiger partial charge is 0.407 e. The van der Waals surface area contributed by atoms with Crippen LogP contribution in [0.15, 0.2) is 18.2 Å². The molecule has 1 heterocycles. The Hall–Kier alpha value is -1.31. The van der Waals surface area contributed by atoms with Crippen molar-refractivity contribution in [3.05, 3.63) is 29.3 Å². The lowest BCUT2D eigenvalue weighted by atomic mass is 9.73. The summed E-state index contributed by atoms with van der Waals surface area (Å²) in [7, 11) is -0.296. The van der Waals surface area contributed by atoms with Crippen LogP contribution in [0, 0.1) is 23.7 Å². The minimum absolute atomic E-state index is 0.0804. The van der Waals surface area contributed by atoms with Crippen molar-refractivity contribution in [3.63, 3.8) is 0 Å². The fourth-order valence-electron chi connectivity index (χ4n) is 1.88. The molecule has 1 aromatic carbocycles. The molecule has 0 radical (unpaired) electrons. The van der Waals surface area contributed by atoms with Crippen LogP contribution in [-0.2, 0) is 9.31 Å². The van der Waals surface area contributed by atoms with E-state index in [1.54, 1.807) is 6.07 Å². The zero-order chi connectivity index (χ0) is 12.5. The predicted molar refractivity (Wildman–Crippen MR) is 67.0 cm³/mol. The van der Waals surface area contributed by atoms with E-state index in [1.165, 1.54) is 0 Å². The Balaban J connectivity index is 2.17. The monoisotopic (exact) mass is 229 g/mol. The number of hydrogen-bond donors (Lipinski definition) is 0. The predicted octanol–water partition coefficient (Wildman–Crippen LogP) is 1.63. The van der Waals surface area contributed by atoms with Gasteiger partial charge in [0, 0.05) is 18.6 Å². The molecule has 0 unspecified atom stereocenters. The van der Waals surface area contributed by atoms with Crippen molar-refractivity contribution < 1.29 is 9.31 Å². The fourth-order valence-corrected chi connectivity index (χ4v) is 1.88. The molecule has 4 heteroatoms. The highest BCUT2D eigenvalue weighted by molar-refractivity contribution is 6.62. The van der Waals surface area contributed by atoms with E-state index in [1.807, 2.05) is 19.1 Å². The van der Waals surface area contributed by atoms with Gasteiger partial charge < -0.3 is 9.31 Å². The van der Waals surface area contributed by atoms with Crippen LogP contribution in [0.1, 0.15) is 25.0 Å². The molecule has 0 amide bonds. The van der Waals surface area contributed by atoms with Gasteiger partial charge in [0.25, 0.3) is 0 Å². The van der Waals surface area contributed by atoms with Crippen LogP contribution < -0.4 is 5.46 Å². The van der Waals surface area contributed by atoms with Crippen LogP contribution in [-0.4, -0.2) is 20.3 Å². The van der Waals surface area contributed by atoms with Crippen LogP contribution in [0.25, 0.3) is 0 Å². The lowest BCUT2D eigenvalue weighted by Crippen LogP contribution is -2.48. The van der Waals surface area contributed by atoms with Crippen molar-refractivity contribution in [1.82, 2.24) is 0 Å². The summed E-state index contributed by atoms with van der Waals surface area (Å²) in [5, 5.41) is 8.82. The average molecular weight is 229 g/mol. The molecule has 17 heavy (non-hydrogen) atoms. The Bertz CT molecular complexity index is 455. The summed E-state index contributed by atoms with van der Waals surface area (Å²) < 4.78 is 11.5. The number of benzene rings is 1. The number of rotatable bonds is 1. The molecule has 1 saturated heterocycles. The van der Waals surface area contributed by atoms with E-state index in [2.05, 4.69) is 19.9 Å². The van der Waals surface area contributed by atoms with Crippen molar-refractivity contribution >= 4 is 12.6 Å². The topological polar surface area (TPSA) is 42.2 Å². The summed E-state index contributed by atoms with van der Waals surface area (Å²) in [6.45, 7) is 7.60. The first-order valence-electron chi connectivity index (χ1n) is 5.76. The zero-order valence-electron chi connectivity index (χ0n) is 10.5. The first-order chi connectivity index (χ1) is 8.02. The molecule has 2 rings (SSSR count). The number of nitrogens with zero attached hydrogens (tertiary/aromatic N) is 1. The van der Waals surface area contributed by atoms with Gasteiger partial charge in [0.1, 0.15) is 0 Å². The summed E-state index contributed by atoms with van der Waals surface area (Å²) in [4.78, 5) is 0. The maximum atomic E-state index is 8.82. The van der Waals surface area contributed by atoms with Gasteiger partial charge >= 0.3 is 7.12 Å². The van der Waals surface area contributed by atoms with Crippen molar-refractivity contribution in [1.29, 1.82) is 5.26 Å². The van der Waals surface area contributed by atoms with E-state index in [4.69, 9.17) is 14.6 Å². The highest BCUT2D eigenvalue weighted by atomic mass is 16.6. The van der Waals surface area contributed by atoms with E-state index < -0.39 is 0 Å². The van der Waals surface area contributed by atoms with Crippen molar-refractivity contribution in [2.24, 2.45) is 5.41 Å². The first kappa shape index (κ1) is 12.2. The summed E-state index contributed by atoms with van der Waals surface area (Å²) in [5.74, 6) is 0. The highest BCUT2D eigenvalue weighted by Gasteiger charge is 2.34. The first-order valence-corrected chi connectivity index (χ1v) is 5.76. The zero-order valence-corrected chi connectivity index (χ0v) is 10.5. The molecule has 0 atom stereocenters. The minimum Gasteiger partial charge on any atom is -0.407 e. The van der Waals surface area contributed by atoms with Crippen molar-refractivity contribution in [3.8, 4) is 6.07 Å². The van der Waals surface area contributed by atoms with Crippen LogP contribution in [0.2, 0.25) is 0 Å². The van der Waals surface area contributed by atoms with Gasteiger partial charge in [0.15, 0.2) is 0 Å². The second kappa shape index (κ2) is 4.52. The molecule has 0 saturated carbocycles. The van der Waals surface area contributed by atoms with Crippen LogP contribution in [0.3, 0.4) is 0 Å². The molecular formula is C13H16BNO2. The fraction of sp³-hybridized carbons (Fsp3) is 0.462. The molecule has 1 aliphatic rings. The summed E-state index contributed by atoms with van der Waals surface area (Å²) in [6.07, 6.45) is 0. The third-order valence-corrected chi connectivity index (χ3v) is 2.90. The molecule has 0 aliphatic carbocycles. The summed E-state index contributed by atoms with van der Waals surface area (Å²) in [5.41, 5.74) is 2.80. The summed E-state index contributed by atoms with van der Waals surface area (Å²) >= 11 is 0. The Kier molecular flexibility index (Phi) is 3.23. The Morgan fingerprint density at radius 1 is 1.29 bits per heavy atom. The summed E-state index contributed by atoms with van der Waals surface area (Å²) in [6, 6.07) is 7.71. The van der Waals surface area contributed by atoms with E-state index in [9.17, 15) is 0 Å². The van der Waals surface area contributed by atoms with Gasteiger partial charge in [-0.2, -0.15) is 5.26 Å². The van der Waals surface area contributed by atoms with Gasteiger partial charge in [0.05, 0.1) is 11.6 Å². The SMILES string of the molecule is Cc1cc(C#N)ccc1B1OCC(C)(C)CO1. The Morgan fingerprint density at radius 3 is 2.47 bits per heavy atom. The van der Waals surface area contributed by atoms with Gasteiger partial charge in [-0.25, -0.2) is 0 Å². The molecule has 0 aromatic heterocycles. The molecule has 1 aromatic rings. The van der Waals surface area contributed by atoms with Crippen LogP contribution in [0.5, 0.6) is 0 Å². The van der Waals surface area contributed by atoms with Crippen molar-refractivity contribution in [2.45, 2.75) is 20.8 Å². The van der Waals surface area contributed by atoms with E-state index in [0.29, 0.717) is 18.8 Å². The van der Waals surface area contributed by atoms with E-state index in [0.717, 1.165) is 11.0 Å². The number of hydrogen-bond acceptors (Lipinski definition) is 3. The minimum atomic E-state index is -0.296. The third kappa shape index (κ3) is 2.69. The lowest BCUT2D eigenvalue weighted by molar-refractivity contribution is 0.0342. The molecular weight excluding hydrogens is 213 g/mol.